The van der Waals surface area contributed by atoms with Gasteiger partial charge in [-0.25, -0.2) is 0 Å². The number of aromatic nitrogens is 2. The molecule has 0 saturated carbocycles. The van der Waals surface area contributed by atoms with Gasteiger partial charge < -0.3 is 14.5 Å². The summed E-state index contributed by atoms with van der Waals surface area (Å²) in [5.74, 6) is 1.54. The van der Waals surface area contributed by atoms with Crippen LogP contribution in [0.4, 0.5) is 0 Å². The molecule has 1 N–H and O–H groups in total. The largest absolute Gasteiger partial charge is 0.486 e. The normalized spacial score (nSPS) is 13.4. The van der Waals surface area contributed by atoms with Gasteiger partial charge in [-0.05, 0) is 18.2 Å². The molecule has 0 bridgehead atoms. The van der Waals surface area contributed by atoms with Gasteiger partial charge in [0.2, 0.25) is 0 Å². The molecule has 17 heavy (non-hydrogen) atoms. The molecule has 0 amide bonds. The minimum atomic E-state index is 0.584. The number of hydrogen-bond acceptors (Lipinski definition) is 4. The van der Waals surface area contributed by atoms with Gasteiger partial charge in [0.05, 0.1) is 11.9 Å². The zero-order valence-electron chi connectivity index (χ0n) is 8.97. The Labute approximate surface area is 103 Å². The zero-order valence-corrected chi connectivity index (χ0v) is 9.79. The fraction of sp³-hybridized carbons (Fsp3) is 0.167. The van der Waals surface area contributed by atoms with E-state index in [1.807, 2.05) is 18.2 Å². The van der Waals surface area contributed by atoms with E-state index in [9.17, 15) is 0 Å². The number of hydrogen-bond donors (Lipinski definition) is 1. The van der Waals surface area contributed by atoms with E-state index in [1.54, 1.807) is 12.4 Å². The summed E-state index contributed by atoms with van der Waals surface area (Å²) in [4.78, 5) is 7.22. The highest BCUT2D eigenvalue weighted by atomic mass is 32.1. The highest BCUT2D eigenvalue weighted by Gasteiger charge is 2.12. The molecule has 0 saturated heterocycles. The first kappa shape index (κ1) is 10.3. The molecule has 0 fully saturated rings. The molecule has 86 valence electrons. The fourth-order valence-corrected chi connectivity index (χ4v) is 1.81. The Balaban J connectivity index is 2.03. The molecule has 0 spiro atoms. The summed E-state index contributed by atoms with van der Waals surface area (Å²) in [6.07, 6.45) is 3.41. The van der Waals surface area contributed by atoms with E-state index >= 15 is 0 Å². The van der Waals surface area contributed by atoms with Crippen LogP contribution in [0.2, 0.25) is 0 Å². The second-order valence-corrected chi connectivity index (χ2v) is 4.09. The predicted octanol–water partition coefficient (Wildman–Crippen LogP) is 2.58. The molecular formula is C12H10N2O2S. The van der Waals surface area contributed by atoms with Crippen LogP contribution in [0, 0.1) is 4.64 Å². The highest BCUT2D eigenvalue weighted by molar-refractivity contribution is 7.71. The summed E-state index contributed by atoms with van der Waals surface area (Å²) in [7, 11) is 0. The van der Waals surface area contributed by atoms with Gasteiger partial charge in [0.15, 0.2) is 11.5 Å². The number of ether oxygens (including phenoxy) is 2. The number of benzene rings is 1. The summed E-state index contributed by atoms with van der Waals surface area (Å²) in [6.45, 7) is 1.18. The number of fused-ring (bicyclic) bond motifs is 1. The van der Waals surface area contributed by atoms with Crippen LogP contribution in [-0.2, 0) is 0 Å². The zero-order chi connectivity index (χ0) is 11.7. The summed E-state index contributed by atoms with van der Waals surface area (Å²) >= 11 is 4.96. The summed E-state index contributed by atoms with van der Waals surface area (Å²) in [5, 5.41) is 0. The van der Waals surface area contributed by atoms with Crippen molar-refractivity contribution < 1.29 is 9.47 Å². The van der Waals surface area contributed by atoms with Crippen LogP contribution in [0.3, 0.4) is 0 Å². The second kappa shape index (κ2) is 4.18. The lowest BCUT2D eigenvalue weighted by Gasteiger charge is -2.18. The van der Waals surface area contributed by atoms with Crippen LogP contribution >= 0.6 is 12.2 Å². The molecule has 0 atom stereocenters. The fourth-order valence-electron chi connectivity index (χ4n) is 1.70. The number of rotatable bonds is 1. The summed E-state index contributed by atoms with van der Waals surface area (Å²) < 4.78 is 11.6. The average molecular weight is 246 g/mol. The van der Waals surface area contributed by atoms with Crippen LogP contribution in [-0.4, -0.2) is 23.2 Å². The maximum absolute atomic E-state index is 5.53. The average Bonchev–Trinajstić information content (AvgIpc) is 2.39. The van der Waals surface area contributed by atoms with Gasteiger partial charge in [-0.1, -0.05) is 12.2 Å². The lowest BCUT2D eigenvalue weighted by Crippen LogP contribution is -2.15. The smallest absolute Gasteiger partial charge is 0.162 e. The van der Waals surface area contributed by atoms with Crippen molar-refractivity contribution in [3.05, 3.63) is 35.2 Å². The van der Waals surface area contributed by atoms with Crippen molar-refractivity contribution in [3.8, 4) is 22.8 Å². The third-order valence-electron chi connectivity index (χ3n) is 2.51. The van der Waals surface area contributed by atoms with Gasteiger partial charge >= 0.3 is 0 Å². The Morgan fingerprint density at radius 2 is 2.00 bits per heavy atom. The number of H-pyrrole nitrogens is 1. The van der Waals surface area contributed by atoms with E-state index in [4.69, 9.17) is 21.7 Å². The first-order valence-corrected chi connectivity index (χ1v) is 5.68. The third kappa shape index (κ3) is 2.01. The highest BCUT2D eigenvalue weighted by Crippen LogP contribution is 2.33. The predicted molar refractivity (Wildman–Crippen MR) is 65.8 cm³/mol. The molecule has 3 rings (SSSR count). The monoisotopic (exact) mass is 246 g/mol. The van der Waals surface area contributed by atoms with Gasteiger partial charge in [0, 0.05) is 11.8 Å². The molecule has 0 aliphatic carbocycles. The molecule has 1 aliphatic heterocycles. The third-order valence-corrected chi connectivity index (χ3v) is 2.73. The lowest BCUT2D eigenvalue weighted by atomic mass is 10.1. The SMILES string of the molecule is S=c1cnc(-c2ccc3c(c2)OCCO3)c[nH]1. The number of aromatic amines is 1. The van der Waals surface area contributed by atoms with Crippen molar-refractivity contribution in [3.63, 3.8) is 0 Å². The molecule has 1 aliphatic rings. The molecule has 1 aromatic carbocycles. The topological polar surface area (TPSA) is 47.1 Å². The standard InChI is InChI=1S/C12H10N2O2S/c17-12-7-13-9(6-14-12)8-1-2-10-11(5-8)16-4-3-15-10/h1-2,5-7H,3-4H2,(H,14,17). The molecule has 2 aromatic rings. The van der Waals surface area contributed by atoms with E-state index in [2.05, 4.69) is 9.97 Å². The van der Waals surface area contributed by atoms with E-state index in [1.165, 1.54) is 0 Å². The Morgan fingerprint density at radius 1 is 1.18 bits per heavy atom. The van der Waals surface area contributed by atoms with Crippen LogP contribution in [0.15, 0.2) is 30.6 Å². The molecular weight excluding hydrogens is 236 g/mol. The van der Waals surface area contributed by atoms with Crippen LogP contribution in [0.5, 0.6) is 11.5 Å². The molecule has 0 radical (unpaired) electrons. The van der Waals surface area contributed by atoms with E-state index < -0.39 is 0 Å². The first-order chi connectivity index (χ1) is 8.33. The molecule has 0 unspecified atom stereocenters. The van der Waals surface area contributed by atoms with E-state index in [-0.39, 0.29) is 0 Å². The maximum atomic E-state index is 5.53. The maximum Gasteiger partial charge on any atom is 0.162 e. The quantitative estimate of drug-likeness (QED) is 0.786. The van der Waals surface area contributed by atoms with Crippen molar-refractivity contribution in [1.82, 2.24) is 9.97 Å². The van der Waals surface area contributed by atoms with Crippen LogP contribution in [0.1, 0.15) is 0 Å². The first-order valence-electron chi connectivity index (χ1n) is 5.28. The lowest BCUT2D eigenvalue weighted by molar-refractivity contribution is 0.171. The van der Waals surface area contributed by atoms with Gasteiger partial charge in [-0.3, -0.25) is 4.98 Å². The van der Waals surface area contributed by atoms with E-state index in [0.717, 1.165) is 22.8 Å². The van der Waals surface area contributed by atoms with Crippen molar-refractivity contribution >= 4 is 12.2 Å². The molecule has 5 heteroatoms. The van der Waals surface area contributed by atoms with Crippen molar-refractivity contribution in [1.29, 1.82) is 0 Å². The molecule has 1 aromatic heterocycles. The van der Waals surface area contributed by atoms with Crippen molar-refractivity contribution in [2.45, 2.75) is 0 Å². The van der Waals surface area contributed by atoms with Crippen molar-refractivity contribution in [2.75, 3.05) is 13.2 Å². The summed E-state index contributed by atoms with van der Waals surface area (Å²) in [5.41, 5.74) is 1.80. The Bertz CT molecular complexity index is 589. The van der Waals surface area contributed by atoms with Crippen LogP contribution in [0.25, 0.3) is 11.3 Å². The van der Waals surface area contributed by atoms with E-state index in [0.29, 0.717) is 17.9 Å². The molecule has 2 heterocycles. The second-order valence-electron chi connectivity index (χ2n) is 3.65. The minimum absolute atomic E-state index is 0.584. The number of nitrogens with zero attached hydrogens (tertiary/aromatic N) is 1. The molecule has 4 nitrogen and oxygen atoms in total. The van der Waals surface area contributed by atoms with Gasteiger partial charge in [-0.15, -0.1) is 0 Å². The van der Waals surface area contributed by atoms with Crippen LogP contribution < -0.4 is 9.47 Å². The van der Waals surface area contributed by atoms with Gasteiger partial charge in [0.1, 0.15) is 17.9 Å². The van der Waals surface area contributed by atoms with Crippen molar-refractivity contribution in [2.24, 2.45) is 0 Å². The summed E-state index contributed by atoms with van der Waals surface area (Å²) in [6, 6.07) is 5.77. The van der Waals surface area contributed by atoms with Gasteiger partial charge in [0.25, 0.3) is 0 Å². The van der Waals surface area contributed by atoms with Gasteiger partial charge in [-0.2, -0.15) is 0 Å². The Hall–Kier alpha value is -1.88. The Morgan fingerprint density at radius 3 is 2.76 bits per heavy atom. The Kier molecular flexibility index (Phi) is 2.53. The minimum Gasteiger partial charge on any atom is -0.486 e. The number of nitrogens with one attached hydrogen (secondary N) is 1.